The number of amides is 1. The summed E-state index contributed by atoms with van der Waals surface area (Å²) in [5, 5.41) is 3.00. The maximum Gasteiger partial charge on any atom is 0.240 e. The number of ether oxygens (including phenoxy) is 4. The van der Waals surface area contributed by atoms with Crippen LogP contribution in [0.5, 0.6) is 23.0 Å². The number of benzene rings is 2. The van der Waals surface area contributed by atoms with E-state index in [1.165, 1.54) is 12.1 Å². The minimum Gasteiger partial charge on any atom is -0.486 e. The molecule has 9 nitrogen and oxygen atoms in total. The first-order valence-electron chi connectivity index (χ1n) is 11.5. The summed E-state index contributed by atoms with van der Waals surface area (Å²) in [6.07, 6.45) is 2.42. The number of hydrogen-bond donors (Lipinski definition) is 2. The van der Waals surface area contributed by atoms with Crippen molar-refractivity contribution in [1.82, 2.24) is 10.0 Å². The van der Waals surface area contributed by atoms with Gasteiger partial charge in [-0.25, -0.2) is 13.1 Å². The molecule has 0 aromatic heterocycles. The number of hydrogen-bond acceptors (Lipinski definition) is 7. The van der Waals surface area contributed by atoms with Gasteiger partial charge in [0.05, 0.1) is 10.9 Å². The van der Waals surface area contributed by atoms with Gasteiger partial charge in [-0.2, -0.15) is 0 Å². The average Bonchev–Trinajstić information content (AvgIpc) is 2.85. The molecule has 0 fully saturated rings. The number of carbonyl (C=O) groups excluding carboxylic acids is 1. The minimum atomic E-state index is -3.63. The van der Waals surface area contributed by atoms with Crippen LogP contribution in [0.3, 0.4) is 0 Å². The molecule has 0 radical (unpaired) electrons. The number of sulfonamides is 1. The van der Waals surface area contributed by atoms with Gasteiger partial charge in [-0.15, -0.1) is 0 Å². The maximum atomic E-state index is 12.5. The van der Waals surface area contributed by atoms with Gasteiger partial charge in [0.25, 0.3) is 0 Å². The molecule has 2 N–H and O–H groups in total. The Hall–Kier alpha value is -2.98. The Bertz CT molecular complexity index is 1120. The fraction of sp³-hybridized carbons (Fsp3) is 0.458. The van der Waals surface area contributed by atoms with E-state index in [0.29, 0.717) is 69.5 Å². The highest BCUT2D eigenvalue weighted by Gasteiger charge is 2.19. The van der Waals surface area contributed by atoms with E-state index in [9.17, 15) is 13.2 Å². The standard InChI is InChI=1S/C24H30N2O7S/c1-17(18-6-8-20-22(15-18)32-13-11-30-20)26-24(27)5-3-2-4-10-25-34(28,29)19-7-9-21-23(16-19)33-14-12-31-21/h6-9,15-17,25H,2-5,10-14H2,1H3,(H,26,27). The van der Waals surface area contributed by atoms with E-state index in [4.69, 9.17) is 18.9 Å². The first-order valence-corrected chi connectivity index (χ1v) is 13.0. The minimum absolute atomic E-state index is 0.0424. The normalized spacial score (nSPS) is 15.4. The maximum absolute atomic E-state index is 12.5. The average molecular weight is 491 g/mol. The topological polar surface area (TPSA) is 112 Å². The van der Waals surface area contributed by atoms with Crippen molar-refractivity contribution in [2.75, 3.05) is 33.0 Å². The summed E-state index contributed by atoms with van der Waals surface area (Å²) < 4.78 is 49.6. The summed E-state index contributed by atoms with van der Waals surface area (Å²) in [5.41, 5.74) is 0.950. The molecule has 0 saturated carbocycles. The lowest BCUT2D eigenvalue weighted by atomic mass is 10.1. The van der Waals surface area contributed by atoms with Gasteiger partial charge in [-0.3, -0.25) is 4.79 Å². The van der Waals surface area contributed by atoms with Gasteiger partial charge < -0.3 is 24.3 Å². The lowest BCUT2D eigenvalue weighted by Crippen LogP contribution is -2.27. The monoisotopic (exact) mass is 490 g/mol. The van der Waals surface area contributed by atoms with E-state index in [1.54, 1.807) is 6.07 Å². The van der Waals surface area contributed by atoms with Crippen LogP contribution >= 0.6 is 0 Å². The molecule has 0 aliphatic carbocycles. The zero-order chi connectivity index (χ0) is 24.0. The predicted octanol–water partition coefficient (Wildman–Crippen LogP) is 2.95. The van der Waals surface area contributed by atoms with Crippen LogP contribution < -0.4 is 29.0 Å². The largest absolute Gasteiger partial charge is 0.486 e. The third-order valence-electron chi connectivity index (χ3n) is 5.64. The van der Waals surface area contributed by atoms with E-state index in [-0.39, 0.29) is 16.8 Å². The lowest BCUT2D eigenvalue weighted by molar-refractivity contribution is -0.121. The van der Waals surface area contributed by atoms with Gasteiger partial charge in [0.15, 0.2) is 23.0 Å². The summed E-state index contributed by atoms with van der Waals surface area (Å²) in [6, 6.07) is 10.1. The fourth-order valence-corrected chi connectivity index (χ4v) is 4.88. The molecule has 0 saturated heterocycles. The first-order chi connectivity index (χ1) is 16.4. The highest BCUT2D eigenvalue weighted by atomic mass is 32.2. The molecule has 2 aliphatic heterocycles. The van der Waals surface area contributed by atoms with Crippen LogP contribution in [-0.4, -0.2) is 47.3 Å². The van der Waals surface area contributed by atoms with Crippen LogP contribution in [0.4, 0.5) is 0 Å². The molecule has 2 heterocycles. The fourth-order valence-electron chi connectivity index (χ4n) is 3.79. The molecule has 1 amide bonds. The Balaban J connectivity index is 1.15. The molecule has 0 bridgehead atoms. The van der Waals surface area contributed by atoms with Crippen LogP contribution in [0.25, 0.3) is 0 Å². The number of nitrogens with one attached hydrogen (secondary N) is 2. The van der Waals surface area contributed by atoms with Gasteiger partial charge in [-0.1, -0.05) is 12.5 Å². The second-order valence-corrected chi connectivity index (χ2v) is 9.97. The molecule has 1 unspecified atom stereocenters. The predicted molar refractivity (Wildman–Crippen MR) is 125 cm³/mol. The van der Waals surface area contributed by atoms with Crippen molar-refractivity contribution in [3.05, 3.63) is 42.0 Å². The van der Waals surface area contributed by atoms with Crippen molar-refractivity contribution < 1.29 is 32.2 Å². The lowest BCUT2D eigenvalue weighted by Gasteiger charge is -2.21. The molecule has 34 heavy (non-hydrogen) atoms. The zero-order valence-corrected chi connectivity index (χ0v) is 20.0. The number of unbranched alkanes of at least 4 members (excludes halogenated alkanes) is 2. The third kappa shape index (κ3) is 6.12. The molecule has 1 atom stereocenters. The quantitative estimate of drug-likeness (QED) is 0.493. The van der Waals surface area contributed by atoms with Gasteiger partial charge >= 0.3 is 0 Å². The summed E-state index contributed by atoms with van der Waals surface area (Å²) in [7, 11) is -3.63. The highest BCUT2D eigenvalue weighted by molar-refractivity contribution is 7.89. The Morgan fingerprint density at radius 3 is 2.18 bits per heavy atom. The van der Waals surface area contributed by atoms with Crippen molar-refractivity contribution >= 4 is 15.9 Å². The van der Waals surface area contributed by atoms with Crippen LogP contribution in [0.1, 0.15) is 44.2 Å². The van der Waals surface area contributed by atoms with Gasteiger partial charge in [0.2, 0.25) is 15.9 Å². The Kier molecular flexibility index (Phi) is 7.79. The summed E-state index contributed by atoms with van der Waals surface area (Å²) in [6.45, 7) is 4.13. The Labute approximate surface area is 199 Å². The van der Waals surface area contributed by atoms with Crippen molar-refractivity contribution in [3.8, 4) is 23.0 Å². The molecular weight excluding hydrogens is 460 g/mol. The van der Waals surface area contributed by atoms with Gasteiger partial charge in [0.1, 0.15) is 26.4 Å². The van der Waals surface area contributed by atoms with E-state index in [1.807, 2.05) is 25.1 Å². The van der Waals surface area contributed by atoms with Crippen LogP contribution in [0, 0.1) is 0 Å². The summed E-state index contributed by atoms with van der Waals surface area (Å²) >= 11 is 0. The molecule has 4 rings (SSSR count). The highest BCUT2D eigenvalue weighted by Crippen LogP contribution is 2.33. The van der Waals surface area contributed by atoms with Crippen molar-refractivity contribution in [3.63, 3.8) is 0 Å². The van der Waals surface area contributed by atoms with E-state index >= 15 is 0 Å². The van der Waals surface area contributed by atoms with Crippen molar-refractivity contribution in [1.29, 1.82) is 0 Å². The van der Waals surface area contributed by atoms with Crippen LogP contribution in [0.15, 0.2) is 41.3 Å². The van der Waals surface area contributed by atoms with Crippen molar-refractivity contribution in [2.45, 2.75) is 43.5 Å². The summed E-state index contributed by atoms with van der Waals surface area (Å²) in [5.74, 6) is 2.36. The SMILES string of the molecule is CC(NC(=O)CCCCCNS(=O)(=O)c1ccc2c(c1)OCCO2)c1ccc2c(c1)OCCO2. The molecule has 0 spiro atoms. The van der Waals surface area contributed by atoms with Crippen molar-refractivity contribution in [2.24, 2.45) is 0 Å². The smallest absolute Gasteiger partial charge is 0.240 e. The number of rotatable bonds is 10. The molecular formula is C24H30N2O7S. The Morgan fingerprint density at radius 2 is 1.47 bits per heavy atom. The molecule has 2 aromatic carbocycles. The van der Waals surface area contributed by atoms with E-state index in [2.05, 4.69) is 10.0 Å². The number of carbonyl (C=O) groups is 1. The molecule has 2 aliphatic rings. The van der Waals surface area contributed by atoms with Gasteiger partial charge in [-0.05, 0) is 49.6 Å². The van der Waals surface area contributed by atoms with Crippen LogP contribution in [0.2, 0.25) is 0 Å². The van der Waals surface area contributed by atoms with Gasteiger partial charge in [0, 0.05) is 19.0 Å². The van der Waals surface area contributed by atoms with Crippen LogP contribution in [-0.2, 0) is 14.8 Å². The van der Waals surface area contributed by atoms with E-state index in [0.717, 1.165) is 17.7 Å². The Morgan fingerprint density at radius 1 is 0.853 bits per heavy atom. The first kappa shape index (κ1) is 24.2. The zero-order valence-electron chi connectivity index (χ0n) is 19.2. The molecule has 184 valence electrons. The third-order valence-corrected chi connectivity index (χ3v) is 7.10. The summed E-state index contributed by atoms with van der Waals surface area (Å²) in [4.78, 5) is 12.5. The number of fused-ring (bicyclic) bond motifs is 2. The second-order valence-electron chi connectivity index (χ2n) is 8.21. The molecule has 2 aromatic rings. The molecule has 10 heteroatoms. The van der Waals surface area contributed by atoms with E-state index < -0.39 is 10.0 Å². The second kappa shape index (κ2) is 11.0.